The molecule has 0 unspecified atom stereocenters. The molecule has 2 rings (SSSR count). The van der Waals surface area contributed by atoms with E-state index in [1.165, 1.54) is 0 Å². The third-order valence-corrected chi connectivity index (χ3v) is 4.45. The number of ether oxygens (including phenoxy) is 2. The molecule has 29 heavy (non-hydrogen) atoms. The Kier molecular flexibility index (Phi) is 8.07. The number of hydrogen-bond donors (Lipinski definition) is 1. The quantitative estimate of drug-likeness (QED) is 0.704. The summed E-state index contributed by atoms with van der Waals surface area (Å²) < 4.78 is 11.0. The van der Waals surface area contributed by atoms with Gasteiger partial charge in [-0.3, -0.25) is 9.59 Å². The largest absolute Gasteiger partial charge is 0.493 e. The number of para-hydroxylation sites is 2. The van der Waals surface area contributed by atoms with E-state index in [1.807, 2.05) is 57.2 Å². The van der Waals surface area contributed by atoms with Gasteiger partial charge in [0.25, 0.3) is 5.91 Å². The Morgan fingerprint density at radius 1 is 1.03 bits per heavy atom. The van der Waals surface area contributed by atoms with Crippen LogP contribution >= 0.6 is 0 Å². The number of rotatable bonds is 9. The molecule has 0 fully saturated rings. The highest BCUT2D eigenvalue weighted by Gasteiger charge is 2.27. The minimum absolute atomic E-state index is 0.00861. The zero-order valence-electron chi connectivity index (χ0n) is 17.8. The summed E-state index contributed by atoms with van der Waals surface area (Å²) in [5, 5.41) is 2.87. The lowest BCUT2D eigenvalue weighted by molar-refractivity contribution is -0.142. The monoisotopic (exact) mass is 398 g/mol. The van der Waals surface area contributed by atoms with E-state index in [4.69, 9.17) is 9.47 Å². The molecule has 0 aliphatic rings. The van der Waals surface area contributed by atoms with Gasteiger partial charge in [-0.25, -0.2) is 0 Å². The Morgan fingerprint density at radius 2 is 1.72 bits per heavy atom. The summed E-state index contributed by atoms with van der Waals surface area (Å²) in [6.45, 7) is 7.64. The number of nitrogens with zero attached hydrogens (tertiary/aromatic N) is 1. The topological polar surface area (TPSA) is 67.9 Å². The van der Waals surface area contributed by atoms with Gasteiger partial charge in [-0.2, -0.15) is 0 Å². The smallest absolute Gasteiger partial charge is 0.261 e. The number of nitrogens with one attached hydrogen (secondary N) is 1. The van der Waals surface area contributed by atoms with Crippen molar-refractivity contribution in [3.8, 4) is 11.5 Å². The molecule has 0 aliphatic heterocycles. The van der Waals surface area contributed by atoms with Gasteiger partial charge >= 0.3 is 0 Å². The van der Waals surface area contributed by atoms with Gasteiger partial charge in [-0.15, -0.1) is 0 Å². The Labute approximate surface area is 172 Å². The molecule has 6 nitrogen and oxygen atoms in total. The SMILES string of the molecule is COc1ccccc1OCC(=O)N(Cc1cccc(C)c1)[C@@H](C)C(=O)NC(C)C. The van der Waals surface area contributed by atoms with Gasteiger partial charge < -0.3 is 19.7 Å². The fourth-order valence-corrected chi connectivity index (χ4v) is 2.96. The molecule has 0 radical (unpaired) electrons. The van der Waals surface area contributed by atoms with E-state index in [0.717, 1.165) is 11.1 Å². The van der Waals surface area contributed by atoms with Gasteiger partial charge in [-0.1, -0.05) is 42.0 Å². The number of carbonyl (C=O) groups excluding carboxylic acids is 2. The van der Waals surface area contributed by atoms with Crippen molar-refractivity contribution in [2.45, 2.75) is 46.3 Å². The lowest BCUT2D eigenvalue weighted by Crippen LogP contribution is -2.50. The van der Waals surface area contributed by atoms with Crippen LogP contribution in [0.25, 0.3) is 0 Å². The number of benzene rings is 2. The molecular formula is C23H30N2O4. The molecule has 0 saturated carbocycles. The van der Waals surface area contributed by atoms with Gasteiger partial charge in [0.05, 0.1) is 7.11 Å². The fraction of sp³-hybridized carbons (Fsp3) is 0.391. The van der Waals surface area contributed by atoms with Gasteiger partial charge in [0.1, 0.15) is 6.04 Å². The Hall–Kier alpha value is -3.02. The first-order valence-electron chi connectivity index (χ1n) is 9.73. The second-order valence-electron chi connectivity index (χ2n) is 7.29. The summed E-state index contributed by atoms with van der Waals surface area (Å²) in [6.07, 6.45) is 0. The zero-order chi connectivity index (χ0) is 21.4. The summed E-state index contributed by atoms with van der Waals surface area (Å²) in [7, 11) is 1.55. The minimum Gasteiger partial charge on any atom is -0.493 e. The fourth-order valence-electron chi connectivity index (χ4n) is 2.96. The third kappa shape index (κ3) is 6.52. The van der Waals surface area contributed by atoms with E-state index >= 15 is 0 Å². The Balaban J connectivity index is 2.18. The maximum absolute atomic E-state index is 13.0. The van der Waals surface area contributed by atoms with Crippen LogP contribution in [0.5, 0.6) is 11.5 Å². The maximum Gasteiger partial charge on any atom is 0.261 e. The first-order valence-corrected chi connectivity index (χ1v) is 9.73. The van der Waals surface area contributed by atoms with Crippen LogP contribution in [0.15, 0.2) is 48.5 Å². The number of hydrogen-bond acceptors (Lipinski definition) is 4. The average molecular weight is 399 g/mol. The Bertz CT molecular complexity index is 835. The molecular weight excluding hydrogens is 368 g/mol. The lowest BCUT2D eigenvalue weighted by atomic mass is 10.1. The third-order valence-electron chi connectivity index (χ3n) is 4.45. The molecule has 2 aromatic rings. The predicted molar refractivity (Wildman–Crippen MR) is 113 cm³/mol. The highest BCUT2D eigenvalue weighted by atomic mass is 16.5. The van der Waals surface area contributed by atoms with E-state index < -0.39 is 6.04 Å². The van der Waals surface area contributed by atoms with Crippen LogP contribution in [0.2, 0.25) is 0 Å². The van der Waals surface area contributed by atoms with Gasteiger partial charge in [-0.05, 0) is 45.4 Å². The van der Waals surface area contributed by atoms with Crippen LogP contribution < -0.4 is 14.8 Å². The van der Waals surface area contributed by atoms with Crippen molar-refractivity contribution in [2.75, 3.05) is 13.7 Å². The average Bonchev–Trinajstić information content (AvgIpc) is 2.69. The summed E-state index contributed by atoms with van der Waals surface area (Å²) in [5.74, 6) is 0.566. The van der Waals surface area contributed by atoms with Crippen molar-refractivity contribution in [1.29, 1.82) is 0 Å². The normalized spacial score (nSPS) is 11.7. The molecule has 0 spiro atoms. The van der Waals surface area contributed by atoms with Crippen molar-refractivity contribution in [3.63, 3.8) is 0 Å². The summed E-state index contributed by atoms with van der Waals surface area (Å²) >= 11 is 0. The first kappa shape index (κ1) is 22.3. The number of carbonyl (C=O) groups is 2. The molecule has 6 heteroatoms. The molecule has 0 saturated heterocycles. The molecule has 0 heterocycles. The van der Waals surface area contributed by atoms with Crippen LogP contribution in [0.3, 0.4) is 0 Å². The van der Waals surface area contributed by atoms with Crippen molar-refractivity contribution >= 4 is 11.8 Å². The van der Waals surface area contributed by atoms with E-state index in [1.54, 1.807) is 31.1 Å². The van der Waals surface area contributed by atoms with Crippen LogP contribution in [0.1, 0.15) is 31.9 Å². The van der Waals surface area contributed by atoms with Crippen LogP contribution in [-0.2, 0) is 16.1 Å². The summed E-state index contributed by atoms with van der Waals surface area (Å²) in [5.41, 5.74) is 2.05. The lowest BCUT2D eigenvalue weighted by Gasteiger charge is -2.29. The molecule has 0 aromatic heterocycles. The van der Waals surface area contributed by atoms with Gasteiger partial charge in [0.2, 0.25) is 5.91 Å². The van der Waals surface area contributed by atoms with Crippen molar-refractivity contribution in [1.82, 2.24) is 10.2 Å². The van der Waals surface area contributed by atoms with Crippen LogP contribution in [0.4, 0.5) is 0 Å². The van der Waals surface area contributed by atoms with E-state index in [9.17, 15) is 9.59 Å². The van der Waals surface area contributed by atoms with Crippen molar-refractivity contribution < 1.29 is 19.1 Å². The molecule has 0 bridgehead atoms. The molecule has 2 aromatic carbocycles. The minimum atomic E-state index is -0.633. The van der Waals surface area contributed by atoms with Crippen LogP contribution in [0, 0.1) is 6.92 Å². The molecule has 1 atom stereocenters. The van der Waals surface area contributed by atoms with E-state index in [2.05, 4.69) is 5.32 Å². The summed E-state index contributed by atoms with van der Waals surface area (Å²) in [6, 6.07) is 14.4. The predicted octanol–water partition coefficient (Wildman–Crippen LogP) is 3.32. The highest BCUT2D eigenvalue weighted by molar-refractivity contribution is 5.88. The van der Waals surface area contributed by atoms with Crippen molar-refractivity contribution in [2.24, 2.45) is 0 Å². The molecule has 2 amide bonds. The van der Waals surface area contributed by atoms with Gasteiger partial charge in [0.15, 0.2) is 18.1 Å². The highest BCUT2D eigenvalue weighted by Crippen LogP contribution is 2.25. The second-order valence-corrected chi connectivity index (χ2v) is 7.29. The van der Waals surface area contributed by atoms with Crippen molar-refractivity contribution in [3.05, 3.63) is 59.7 Å². The molecule has 156 valence electrons. The van der Waals surface area contributed by atoms with Gasteiger partial charge in [0, 0.05) is 12.6 Å². The van der Waals surface area contributed by atoms with Crippen LogP contribution in [-0.4, -0.2) is 42.5 Å². The zero-order valence-corrected chi connectivity index (χ0v) is 17.8. The number of amides is 2. The number of methoxy groups -OCH3 is 1. The molecule has 0 aliphatic carbocycles. The standard InChI is InChI=1S/C23H30N2O4/c1-16(2)24-23(27)18(4)25(14-19-10-8-9-17(3)13-19)22(26)15-29-21-12-7-6-11-20(21)28-5/h6-13,16,18H,14-15H2,1-5H3,(H,24,27)/t18-/m0/s1. The number of aryl methyl sites for hydroxylation is 1. The molecule has 1 N–H and O–H groups in total. The summed E-state index contributed by atoms with van der Waals surface area (Å²) in [4.78, 5) is 27.1. The maximum atomic E-state index is 13.0. The second kappa shape index (κ2) is 10.5. The van der Waals surface area contributed by atoms with E-state index in [-0.39, 0.29) is 24.5 Å². The Morgan fingerprint density at radius 3 is 2.34 bits per heavy atom. The van der Waals surface area contributed by atoms with E-state index in [0.29, 0.717) is 18.0 Å². The first-order chi connectivity index (χ1) is 13.8.